The third kappa shape index (κ3) is 4.31. The molecule has 0 aliphatic carbocycles. The van der Waals surface area contributed by atoms with Crippen molar-refractivity contribution in [1.29, 1.82) is 0 Å². The molecule has 3 rings (SSSR count). The van der Waals surface area contributed by atoms with Crippen LogP contribution in [0.4, 0.5) is 0 Å². The molecule has 0 spiro atoms. The van der Waals surface area contributed by atoms with Gasteiger partial charge in [-0.05, 0) is 12.1 Å². The van der Waals surface area contributed by atoms with Crippen molar-refractivity contribution in [2.45, 2.75) is 12.4 Å². The highest BCUT2D eigenvalue weighted by atomic mass is 16.7. The van der Waals surface area contributed by atoms with Gasteiger partial charge in [-0.2, -0.15) is 0 Å². The molecule has 0 aromatic heterocycles. The van der Waals surface area contributed by atoms with Gasteiger partial charge in [0.2, 0.25) is 0 Å². The molecule has 1 unspecified atom stereocenters. The zero-order valence-electron chi connectivity index (χ0n) is 12.5. The number of ether oxygens (including phenoxy) is 3. The molecule has 1 heterocycles. The molecule has 0 radical (unpaired) electrons. The average molecular weight is 299 g/mol. The van der Waals surface area contributed by atoms with Crippen LogP contribution in [0.5, 0.6) is 5.75 Å². The largest absolute Gasteiger partial charge is 0.492 e. The number of benzene rings is 2. The van der Waals surface area contributed by atoms with Gasteiger partial charge in [-0.15, -0.1) is 0 Å². The van der Waals surface area contributed by atoms with Gasteiger partial charge in [0.05, 0.1) is 12.7 Å². The van der Waals surface area contributed by atoms with Gasteiger partial charge in [-0.1, -0.05) is 48.5 Å². The van der Waals surface area contributed by atoms with Crippen LogP contribution in [0.25, 0.3) is 0 Å². The number of hydrogen-bond donors (Lipinski definition) is 1. The highest BCUT2D eigenvalue weighted by Gasteiger charge is 2.26. The first-order valence-electron chi connectivity index (χ1n) is 7.62. The second-order valence-electron chi connectivity index (χ2n) is 5.20. The van der Waals surface area contributed by atoms with E-state index in [0.717, 1.165) is 24.4 Å². The van der Waals surface area contributed by atoms with Crippen molar-refractivity contribution in [3.8, 4) is 5.75 Å². The van der Waals surface area contributed by atoms with Crippen molar-refractivity contribution in [3.63, 3.8) is 0 Å². The Labute approximate surface area is 131 Å². The van der Waals surface area contributed by atoms with E-state index in [9.17, 15) is 0 Å². The molecule has 2 atom stereocenters. The van der Waals surface area contributed by atoms with E-state index in [2.05, 4.69) is 5.32 Å². The summed E-state index contributed by atoms with van der Waals surface area (Å²) in [5.74, 6) is 0.897. The van der Waals surface area contributed by atoms with Crippen molar-refractivity contribution in [1.82, 2.24) is 5.32 Å². The minimum absolute atomic E-state index is 0.0851. The van der Waals surface area contributed by atoms with E-state index in [1.807, 2.05) is 60.7 Å². The van der Waals surface area contributed by atoms with Crippen LogP contribution in [0.3, 0.4) is 0 Å². The van der Waals surface area contributed by atoms with Gasteiger partial charge in [-0.25, -0.2) is 0 Å². The molecule has 0 saturated carbocycles. The first-order chi connectivity index (χ1) is 10.9. The van der Waals surface area contributed by atoms with Crippen LogP contribution in [0.1, 0.15) is 11.9 Å². The fourth-order valence-electron chi connectivity index (χ4n) is 2.36. The van der Waals surface area contributed by atoms with Crippen molar-refractivity contribution in [3.05, 3.63) is 66.2 Å². The summed E-state index contributed by atoms with van der Waals surface area (Å²) in [6.45, 7) is 2.80. The Bertz CT molecular complexity index is 547. The van der Waals surface area contributed by atoms with Gasteiger partial charge in [-0.3, -0.25) is 0 Å². The summed E-state index contributed by atoms with van der Waals surface area (Å²) in [4.78, 5) is 0. The molecule has 4 heteroatoms. The molecular weight excluding hydrogens is 278 g/mol. The van der Waals surface area contributed by atoms with Crippen LogP contribution in [0.15, 0.2) is 60.7 Å². The Kier molecular flexibility index (Phi) is 5.42. The highest BCUT2D eigenvalue weighted by molar-refractivity contribution is 5.20. The summed E-state index contributed by atoms with van der Waals surface area (Å²) >= 11 is 0. The fraction of sp³-hybridized carbons (Fsp3) is 0.333. The van der Waals surface area contributed by atoms with E-state index in [-0.39, 0.29) is 12.4 Å². The molecule has 1 N–H and O–H groups in total. The normalized spacial score (nSPS) is 20.9. The Morgan fingerprint density at radius 3 is 2.50 bits per heavy atom. The first kappa shape index (κ1) is 15.0. The molecule has 22 heavy (non-hydrogen) atoms. The molecule has 4 nitrogen and oxygen atoms in total. The molecule has 1 fully saturated rings. The maximum atomic E-state index is 5.89. The second-order valence-corrected chi connectivity index (χ2v) is 5.20. The van der Waals surface area contributed by atoms with Crippen molar-refractivity contribution in [2.75, 3.05) is 26.3 Å². The molecule has 2 aromatic rings. The monoisotopic (exact) mass is 299 g/mol. The van der Waals surface area contributed by atoms with Crippen LogP contribution < -0.4 is 10.1 Å². The predicted molar refractivity (Wildman–Crippen MR) is 84.8 cm³/mol. The minimum Gasteiger partial charge on any atom is -0.492 e. The highest BCUT2D eigenvalue weighted by Crippen LogP contribution is 2.26. The average Bonchev–Trinajstić information content (AvgIpc) is 3.05. The zero-order chi connectivity index (χ0) is 15.0. The third-order valence-electron chi connectivity index (χ3n) is 3.48. The lowest BCUT2D eigenvalue weighted by atomic mass is 10.2. The lowest BCUT2D eigenvalue weighted by Crippen LogP contribution is -2.31. The van der Waals surface area contributed by atoms with Gasteiger partial charge in [0.1, 0.15) is 12.4 Å². The van der Waals surface area contributed by atoms with E-state index in [0.29, 0.717) is 13.2 Å². The topological polar surface area (TPSA) is 39.7 Å². The van der Waals surface area contributed by atoms with Gasteiger partial charge >= 0.3 is 0 Å². The van der Waals surface area contributed by atoms with Gasteiger partial charge in [0, 0.05) is 18.7 Å². The van der Waals surface area contributed by atoms with Crippen molar-refractivity contribution < 1.29 is 14.2 Å². The van der Waals surface area contributed by atoms with E-state index in [1.54, 1.807) is 0 Å². The van der Waals surface area contributed by atoms with Crippen LogP contribution in [0.2, 0.25) is 0 Å². The fourth-order valence-corrected chi connectivity index (χ4v) is 2.36. The van der Waals surface area contributed by atoms with E-state index < -0.39 is 0 Å². The van der Waals surface area contributed by atoms with Crippen LogP contribution >= 0.6 is 0 Å². The molecule has 0 bridgehead atoms. The van der Waals surface area contributed by atoms with Crippen LogP contribution in [-0.2, 0) is 9.47 Å². The van der Waals surface area contributed by atoms with Gasteiger partial charge < -0.3 is 19.5 Å². The zero-order valence-corrected chi connectivity index (χ0v) is 12.5. The molecule has 1 saturated heterocycles. The lowest BCUT2D eigenvalue weighted by molar-refractivity contribution is -0.0596. The molecule has 1 aliphatic heterocycles. The minimum atomic E-state index is -0.242. The molecule has 1 aliphatic rings. The number of para-hydroxylation sites is 1. The summed E-state index contributed by atoms with van der Waals surface area (Å²) in [5.41, 5.74) is 1.07. The maximum Gasteiger partial charge on any atom is 0.184 e. The quantitative estimate of drug-likeness (QED) is 0.798. The van der Waals surface area contributed by atoms with Gasteiger partial charge in [0.15, 0.2) is 6.29 Å². The Hall–Kier alpha value is -1.88. The maximum absolute atomic E-state index is 5.89. The molecule has 0 amide bonds. The molecule has 2 aromatic carbocycles. The van der Waals surface area contributed by atoms with E-state index >= 15 is 0 Å². The molecule has 116 valence electrons. The predicted octanol–water partition coefficient (Wildman–Crippen LogP) is 2.77. The lowest BCUT2D eigenvalue weighted by Gasteiger charge is -2.12. The SMILES string of the molecule is c1ccc(OCCNCC2CO[C@@H](c3ccccc3)O2)cc1. The second kappa shape index (κ2) is 7.94. The van der Waals surface area contributed by atoms with Crippen LogP contribution in [0, 0.1) is 0 Å². The van der Waals surface area contributed by atoms with Crippen molar-refractivity contribution in [2.24, 2.45) is 0 Å². The summed E-state index contributed by atoms with van der Waals surface area (Å²) in [7, 11) is 0. The molecular formula is C18H21NO3. The number of rotatable bonds is 7. The van der Waals surface area contributed by atoms with Gasteiger partial charge in [0.25, 0.3) is 0 Å². The summed E-state index contributed by atoms with van der Waals surface area (Å²) in [5, 5.41) is 3.34. The van der Waals surface area contributed by atoms with Crippen molar-refractivity contribution >= 4 is 0 Å². The van der Waals surface area contributed by atoms with E-state index in [4.69, 9.17) is 14.2 Å². The number of hydrogen-bond acceptors (Lipinski definition) is 4. The standard InChI is InChI=1S/C18H21NO3/c1-3-7-15(8-4-1)18-21-14-17(22-18)13-19-11-12-20-16-9-5-2-6-10-16/h1-10,17-19H,11-14H2/t17?,18-/m1/s1. The number of nitrogens with one attached hydrogen (secondary N) is 1. The van der Waals surface area contributed by atoms with E-state index in [1.165, 1.54) is 0 Å². The Morgan fingerprint density at radius 2 is 1.73 bits per heavy atom. The summed E-state index contributed by atoms with van der Waals surface area (Å²) in [6, 6.07) is 19.9. The Balaban J connectivity index is 1.32. The summed E-state index contributed by atoms with van der Waals surface area (Å²) in [6.07, 6.45) is -0.157. The van der Waals surface area contributed by atoms with Crippen LogP contribution in [-0.4, -0.2) is 32.4 Å². The summed E-state index contributed by atoms with van der Waals surface area (Å²) < 4.78 is 17.2. The Morgan fingerprint density at radius 1 is 1.00 bits per heavy atom. The first-order valence-corrected chi connectivity index (χ1v) is 7.62. The third-order valence-corrected chi connectivity index (χ3v) is 3.48. The smallest absolute Gasteiger partial charge is 0.184 e.